The van der Waals surface area contributed by atoms with E-state index in [-0.39, 0.29) is 30.8 Å². The molecule has 3 aromatic carbocycles. The van der Waals surface area contributed by atoms with Crippen LogP contribution < -0.4 is 10.6 Å². The molecule has 3 saturated heterocycles. The van der Waals surface area contributed by atoms with Gasteiger partial charge in [-0.3, -0.25) is 4.90 Å². The Morgan fingerprint density at radius 1 is 0.848 bits per heavy atom. The van der Waals surface area contributed by atoms with E-state index in [1.165, 1.54) is 38.8 Å². The van der Waals surface area contributed by atoms with Crippen LogP contribution in [-0.2, 0) is 22.6 Å². The van der Waals surface area contributed by atoms with E-state index in [1.54, 1.807) is 0 Å². The van der Waals surface area contributed by atoms with Crippen LogP contribution in [0.2, 0.25) is 0 Å². The maximum absolute atomic E-state index is 11.9. The fourth-order valence-electron chi connectivity index (χ4n) is 7.26. The third kappa shape index (κ3) is 7.99. The first kappa shape index (κ1) is 32.7. The number of nitrogens with one attached hydrogen (secondary N) is 2. The number of carbonyl (C=O) groups excluding carboxylic acids is 1. The van der Waals surface area contributed by atoms with Crippen LogP contribution in [0, 0.1) is 5.92 Å². The average molecular weight is 627 g/mol. The summed E-state index contributed by atoms with van der Waals surface area (Å²) in [6, 6.07) is 25.3. The number of aliphatic hydroxyl groups is 1. The Bertz CT molecular complexity index is 1410. The van der Waals surface area contributed by atoms with Crippen LogP contribution in [0.25, 0.3) is 11.1 Å². The van der Waals surface area contributed by atoms with Crippen LogP contribution >= 0.6 is 0 Å². The van der Waals surface area contributed by atoms with E-state index in [0.717, 1.165) is 53.0 Å². The van der Waals surface area contributed by atoms with Crippen molar-refractivity contribution in [1.29, 1.82) is 0 Å². The van der Waals surface area contributed by atoms with Crippen molar-refractivity contribution < 1.29 is 19.4 Å². The molecule has 2 amide bonds. The number of aliphatic hydroxyl groups excluding tert-OH is 1. The fourth-order valence-corrected chi connectivity index (χ4v) is 7.26. The standard InChI is InChI=1S/C38H50N4O4/c1-3-39-38(44)40-23-29-8-6-9-33(22-29)30-15-17-32(18-16-30)37-45-35(25-42-21-7-10-34(42)24-41-19-4-5-20-41)27(2)36(46-37)31-13-11-28(26-43)12-14-31/h6,8-9,11-18,22,27,34-37,43H,3-5,7,10,19-21,23-26H2,1-2H3,(H2,39,40,44)/t27-,34+,35+,36+,37+/m1/s1. The van der Waals surface area contributed by atoms with Crippen molar-refractivity contribution in [2.45, 2.75) is 77.2 Å². The van der Waals surface area contributed by atoms with E-state index >= 15 is 0 Å². The van der Waals surface area contributed by atoms with E-state index < -0.39 is 6.29 Å². The molecule has 5 atom stereocenters. The van der Waals surface area contributed by atoms with Gasteiger partial charge >= 0.3 is 6.03 Å². The summed E-state index contributed by atoms with van der Waals surface area (Å²) in [6.45, 7) is 10.9. The Kier molecular flexibility index (Phi) is 11.0. The van der Waals surface area contributed by atoms with Crippen LogP contribution in [0.1, 0.15) is 74.2 Å². The number of ether oxygens (including phenoxy) is 2. The normalized spacial score (nSPS) is 25.5. The van der Waals surface area contributed by atoms with Gasteiger partial charge in [0.05, 0.1) is 18.8 Å². The highest BCUT2D eigenvalue weighted by Crippen LogP contribution is 2.42. The van der Waals surface area contributed by atoms with E-state index in [9.17, 15) is 9.90 Å². The molecule has 3 heterocycles. The molecule has 0 radical (unpaired) electrons. The van der Waals surface area contributed by atoms with Gasteiger partial charge in [0.2, 0.25) is 0 Å². The van der Waals surface area contributed by atoms with Gasteiger partial charge in [0.25, 0.3) is 0 Å². The lowest BCUT2D eigenvalue weighted by molar-refractivity contribution is -0.276. The van der Waals surface area contributed by atoms with Gasteiger partial charge in [-0.25, -0.2) is 4.79 Å². The lowest BCUT2D eigenvalue weighted by Crippen LogP contribution is -2.48. The second kappa shape index (κ2) is 15.5. The number of nitrogens with zero attached hydrogens (tertiary/aromatic N) is 2. The molecule has 0 aliphatic carbocycles. The molecule has 8 heteroatoms. The molecule has 0 bridgehead atoms. The first-order valence-electron chi connectivity index (χ1n) is 17.2. The minimum atomic E-state index is -0.481. The second-order valence-corrected chi connectivity index (χ2v) is 13.2. The van der Waals surface area contributed by atoms with E-state index in [2.05, 4.69) is 75.9 Å². The summed E-state index contributed by atoms with van der Waals surface area (Å²) < 4.78 is 13.6. The molecule has 3 fully saturated rings. The van der Waals surface area contributed by atoms with Gasteiger partial charge in [-0.2, -0.15) is 0 Å². The van der Waals surface area contributed by atoms with Gasteiger partial charge in [-0.1, -0.05) is 73.7 Å². The third-order valence-corrected chi connectivity index (χ3v) is 9.94. The first-order valence-corrected chi connectivity index (χ1v) is 17.2. The van der Waals surface area contributed by atoms with Crippen molar-refractivity contribution in [2.75, 3.05) is 39.3 Å². The van der Waals surface area contributed by atoms with E-state index in [0.29, 0.717) is 19.1 Å². The molecule has 0 unspecified atom stereocenters. The van der Waals surface area contributed by atoms with E-state index in [4.69, 9.17) is 9.47 Å². The minimum absolute atomic E-state index is 0.0224. The predicted octanol–water partition coefficient (Wildman–Crippen LogP) is 6.02. The number of hydrogen-bond donors (Lipinski definition) is 3. The molecule has 46 heavy (non-hydrogen) atoms. The summed E-state index contributed by atoms with van der Waals surface area (Å²) in [6.07, 6.45) is 4.57. The highest BCUT2D eigenvalue weighted by atomic mass is 16.7. The second-order valence-electron chi connectivity index (χ2n) is 13.2. The molecule has 0 saturated carbocycles. The number of likely N-dealkylation sites (tertiary alicyclic amines) is 2. The summed E-state index contributed by atoms with van der Waals surface area (Å²) >= 11 is 0. The lowest BCUT2D eigenvalue weighted by atomic mass is 9.89. The molecule has 8 nitrogen and oxygen atoms in total. The predicted molar refractivity (Wildman–Crippen MR) is 181 cm³/mol. The van der Waals surface area contributed by atoms with Gasteiger partial charge in [-0.15, -0.1) is 0 Å². The van der Waals surface area contributed by atoms with Crippen LogP contribution in [-0.4, -0.2) is 72.4 Å². The summed E-state index contributed by atoms with van der Waals surface area (Å²) in [7, 11) is 0. The van der Waals surface area contributed by atoms with Crippen LogP contribution in [0.4, 0.5) is 4.79 Å². The fraction of sp³-hybridized carbons (Fsp3) is 0.500. The number of benzene rings is 3. The van der Waals surface area contributed by atoms with Gasteiger partial charge in [0.15, 0.2) is 6.29 Å². The Morgan fingerprint density at radius 2 is 1.61 bits per heavy atom. The molecule has 3 aliphatic rings. The highest BCUT2D eigenvalue weighted by molar-refractivity contribution is 5.73. The Labute approximate surface area is 274 Å². The summed E-state index contributed by atoms with van der Waals surface area (Å²) in [5.41, 5.74) is 6.26. The number of carbonyl (C=O) groups is 1. The van der Waals surface area contributed by atoms with Crippen molar-refractivity contribution in [3.63, 3.8) is 0 Å². The zero-order valence-electron chi connectivity index (χ0n) is 27.4. The largest absolute Gasteiger partial charge is 0.392 e. The summed E-state index contributed by atoms with van der Waals surface area (Å²) in [5, 5.41) is 15.3. The zero-order valence-corrected chi connectivity index (χ0v) is 27.4. The van der Waals surface area contributed by atoms with Crippen LogP contribution in [0.5, 0.6) is 0 Å². The number of amides is 2. The van der Waals surface area contributed by atoms with Crippen molar-refractivity contribution in [3.8, 4) is 11.1 Å². The van der Waals surface area contributed by atoms with Gasteiger partial charge in [-0.05, 0) is 86.1 Å². The molecule has 6 rings (SSSR count). The monoisotopic (exact) mass is 626 g/mol. The first-order chi connectivity index (χ1) is 22.5. The molecular formula is C38H50N4O4. The van der Waals surface area contributed by atoms with E-state index in [1.807, 2.05) is 31.2 Å². The van der Waals surface area contributed by atoms with Crippen LogP contribution in [0.15, 0.2) is 72.8 Å². The van der Waals surface area contributed by atoms with Gasteiger partial charge in [0.1, 0.15) is 0 Å². The molecule has 3 aliphatic heterocycles. The SMILES string of the molecule is CCNC(=O)NCc1cccc(-c2ccc([C@H]3O[C@@H](CN4CCC[C@H]4CN4CCCC4)[C@@H](C)[C@@H](c4ccc(CO)cc4)O3)cc2)c1. The number of urea groups is 1. The molecule has 0 spiro atoms. The molecule has 3 N–H and O–H groups in total. The zero-order chi connectivity index (χ0) is 31.9. The van der Waals surface area contributed by atoms with Crippen molar-refractivity contribution in [3.05, 3.63) is 95.1 Å². The maximum atomic E-state index is 11.9. The third-order valence-electron chi connectivity index (χ3n) is 9.94. The minimum Gasteiger partial charge on any atom is -0.392 e. The quantitative estimate of drug-likeness (QED) is 0.242. The van der Waals surface area contributed by atoms with Crippen LogP contribution in [0.3, 0.4) is 0 Å². The molecule has 246 valence electrons. The molecule has 3 aromatic rings. The number of hydrogen-bond acceptors (Lipinski definition) is 6. The lowest BCUT2D eigenvalue weighted by Gasteiger charge is -2.43. The highest BCUT2D eigenvalue weighted by Gasteiger charge is 2.40. The topological polar surface area (TPSA) is 86.3 Å². The van der Waals surface area contributed by atoms with Crippen molar-refractivity contribution in [1.82, 2.24) is 20.4 Å². The Hall–Kier alpha value is -3.27. The average Bonchev–Trinajstić information content (AvgIpc) is 3.77. The van der Waals surface area contributed by atoms with Gasteiger partial charge < -0.3 is 30.1 Å². The maximum Gasteiger partial charge on any atom is 0.315 e. The van der Waals surface area contributed by atoms with Crippen molar-refractivity contribution in [2.24, 2.45) is 5.92 Å². The molecule has 0 aromatic heterocycles. The number of rotatable bonds is 11. The van der Waals surface area contributed by atoms with Crippen molar-refractivity contribution >= 4 is 6.03 Å². The Morgan fingerprint density at radius 3 is 2.35 bits per heavy atom. The van der Waals surface area contributed by atoms with Gasteiger partial charge in [0, 0.05) is 43.7 Å². The Balaban J connectivity index is 1.19. The molecular weight excluding hydrogens is 576 g/mol. The smallest absolute Gasteiger partial charge is 0.315 e. The summed E-state index contributed by atoms with van der Waals surface area (Å²) in [5.74, 6) is 0.166. The summed E-state index contributed by atoms with van der Waals surface area (Å²) in [4.78, 5) is 17.2.